The van der Waals surface area contributed by atoms with Crippen molar-refractivity contribution in [3.63, 3.8) is 0 Å². The van der Waals surface area contributed by atoms with Gasteiger partial charge in [0.05, 0.1) is 0 Å². The highest BCUT2D eigenvalue weighted by Gasteiger charge is 2.19. The van der Waals surface area contributed by atoms with Gasteiger partial charge in [-0.15, -0.1) is 0 Å². The smallest absolute Gasteiger partial charge is 0.163 e. The van der Waals surface area contributed by atoms with Crippen LogP contribution in [0.4, 0.5) is 8.78 Å². The lowest BCUT2D eigenvalue weighted by Crippen LogP contribution is -2.33. The summed E-state index contributed by atoms with van der Waals surface area (Å²) < 4.78 is 26.0. The quantitative estimate of drug-likeness (QED) is 0.648. The van der Waals surface area contributed by atoms with Crippen LogP contribution < -0.4 is 5.32 Å². The molecule has 0 amide bonds. The topological polar surface area (TPSA) is 12.0 Å². The second-order valence-electron chi connectivity index (χ2n) is 3.49. The van der Waals surface area contributed by atoms with Crippen molar-refractivity contribution in [2.45, 2.75) is 25.9 Å². The van der Waals surface area contributed by atoms with Crippen LogP contribution in [0.2, 0.25) is 0 Å². The Morgan fingerprint density at radius 2 is 2.15 bits per heavy atom. The van der Waals surface area contributed by atoms with Crippen LogP contribution in [0.25, 0.3) is 0 Å². The van der Waals surface area contributed by atoms with Crippen molar-refractivity contribution in [1.29, 1.82) is 0 Å². The van der Waals surface area contributed by atoms with Gasteiger partial charge >= 0.3 is 0 Å². The van der Waals surface area contributed by atoms with Crippen molar-refractivity contribution < 1.29 is 8.78 Å². The summed E-state index contributed by atoms with van der Waals surface area (Å²) in [6.45, 7) is 2.46. The van der Waals surface area contributed by atoms with Gasteiger partial charge in [-0.2, -0.15) is 0 Å². The maximum Gasteiger partial charge on any atom is 0.163 e. The molecule has 70 valence electrons. The molecule has 3 heteroatoms. The first-order valence-electron chi connectivity index (χ1n) is 4.37. The molecule has 1 N–H and O–H groups in total. The summed E-state index contributed by atoms with van der Waals surface area (Å²) in [4.78, 5) is 0. The summed E-state index contributed by atoms with van der Waals surface area (Å²) in [5.41, 5.74) is 1.41. The molecule has 13 heavy (non-hydrogen) atoms. The van der Waals surface area contributed by atoms with Crippen LogP contribution in [0.3, 0.4) is 0 Å². The van der Waals surface area contributed by atoms with E-state index < -0.39 is 11.6 Å². The molecule has 1 heterocycles. The normalized spacial score (nSPS) is 21.3. The van der Waals surface area contributed by atoms with E-state index in [0.717, 1.165) is 12.0 Å². The van der Waals surface area contributed by atoms with Gasteiger partial charge in [0.1, 0.15) is 0 Å². The molecule has 1 aliphatic rings. The summed E-state index contributed by atoms with van der Waals surface area (Å²) in [6.07, 6.45) is 0.770. The summed E-state index contributed by atoms with van der Waals surface area (Å²) in [5.74, 6) is -1.45. The zero-order valence-electron chi connectivity index (χ0n) is 7.40. The molecule has 0 aromatic heterocycles. The minimum absolute atomic E-state index is 0.345. The molecule has 0 saturated heterocycles. The Morgan fingerprint density at radius 3 is 2.92 bits per heavy atom. The highest BCUT2D eigenvalue weighted by Crippen LogP contribution is 2.21. The molecule has 0 saturated carbocycles. The highest BCUT2D eigenvalue weighted by atomic mass is 19.2. The van der Waals surface area contributed by atoms with Crippen molar-refractivity contribution in [3.05, 3.63) is 34.9 Å². The van der Waals surface area contributed by atoms with Crippen LogP contribution in [0.5, 0.6) is 0 Å². The van der Waals surface area contributed by atoms with Gasteiger partial charge in [-0.25, -0.2) is 8.78 Å². The Kier molecular flexibility index (Phi) is 2.04. The third-order valence-electron chi connectivity index (χ3n) is 2.45. The van der Waals surface area contributed by atoms with Gasteiger partial charge in [-0.05, 0) is 25.0 Å². The van der Waals surface area contributed by atoms with Crippen LogP contribution in [0.1, 0.15) is 18.1 Å². The largest absolute Gasteiger partial charge is 0.310 e. The van der Waals surface area contributed by atoms with E-state index in [1.54, 1.807) is 6.07 Å². The van der Waals surface area contributed by atoms with Gasteiger partial charge < -0.3 is 5.32 Å². The fourth-order valence-corrected chi connectivity index (χ4v) is 1.69. The maximum absolute atomic E-state index is 13.2. The molecule has 0 bridgehead atoms. The van der Waals surface area contributed by atoms with Gasteiger partial charge in [0.25, 0.3) is 0 Å². The number of fused-ring (bicyclic) bond motifs is 1. The molecule has 1 atom stereocenters. The number of hydrogen-bond donors (Lipinski definition) is 1. The van der Waals surface area contributed by atoms with E-state index in [1.807, 2.05) is 6.92 Å². The monoisotopic (exact) mass is 183 g/mol. The average molecular weight is 183 g/mol. The maximum atomic E-state index is 13.2. The highest BCUT2D eigenvalue weighted by molar-refractivity contribution is 5.32. The Labute approximate surface area is 75.8 Å². The summed E-state index contributed by atoms with van der Waals surface area (Å²) in [5, 5.41) is 3.10. The average Bonchev–Trinajstić information content (AvgIpc) is 2.12. The number of nitrogens with one attached hydrogen (secondary N) is 1. The predicted molar refractivity (Wildman–Crippen MR) is 46.4 cm³/mol. The molecule has 1 aromatic carbocycles. The van der Waals surface area contributed by atoms with E-state index in [0.29, 0.717) is 18.2 Å². The second kappa shape index (κ2) is 3.07. The van der Waals surface area contributed by atoms with E-state index in [1.165, 1.54) is 6.07 Å². The third kappa shape index (κ3) is 1.44. The molecule has 1 nitrogen and oxygen atoms in total. The van der Waals surface area contributed by atoms with Crippen LogP contribution in [0.15, 0.2) is 12.1 Å². The second-order valence-corrected chi connectivity index (χ2v) is 3.49. The Hall–Kier alpha value is -0.960. The minimum Gasteiger partial charge on any atom is -0.310 e. The summed E-state index contributed by atoms with van der Waals surface area (Å²) in [7, 11) is 0. The lowest BCUT2D eigenvalue weighted by atomic mass is 9.96. The lowest BCUT2D eigenvalue weighted by Gasteiger charge is -2.23. The molecule has 0 aliphatic carbocycles. The summed E-state index contributed by atoms with van der Waals surface area (Å²) in [6, 6.07) is 3.22. The Bertz CT molecular complexity index is 336. The SMILES string of the molecule is CC1Cc2ccc(F)c(F)c2CN1. The van der Waals surface area contributed by atoms with E-state index in [9.17, 15) is 8.78 Å². The number of halogens is 2. The third-order valence-corrected chi connectivity index (χ3v) is 2.45. The van der Waals surface area contributed by atoms with Crippen molar-refractivity contribution in [2.75, 3.05) is 0 Å². The number of hydrogen-bond acceptors (Lipinski definition) is 1. The van der Waals surface area contributed by atoms with Crippen LogP contribution in [0, 0.1) is 11.6 Å². The van der Waals surface area contributed by atoms with E-state index in [4.69, 9.17) is 0 Å². The van der Waals surface area contributed by atoms with Crippen LogP contribution in [-0.4, -0.2) is 6.04 Å². The molecule has 1 unspecified atom stereocenters. The summed E-state index contributed by atoms with van der Waals surface area (Å²) >= 11 is 0. The lowest BCUT2D eigenvalue weighted by molar-refractivity contribution is 0.456. The molecule has 0 fully saturated rings. The van der Waals surface area contributed by atoms with Gasteiger partial charge in [0.2, 0.25) is 0 Å². The fourth-order valence-electron chi connectivity index (χ4n) is 1.69. The van der Waals surface area contributed by atoms with Crippen molar-refractivity contribution in [2.24, 2.45) is 0 Å². The molecule has 2 rings (SSSR count). The molecule has 1 aliphatic heterocycles. The van der Waals surface area contributed by atoms with Crippen LogP contribution >= 0.6 is 0 Å². The van der Waals surface area contributed by atoms with E-state index in [-0.39, 0.29) is 0 Å². The van der Waals surface area contributed by atoms with Gasteiger partial charge in [0, 0.05) is 18.2 Å². The van der Waals surface area contributed by atoms with Gasteiger partial charge in [-0.3, -0.25) is 0 Å². The van der Waals surface area contributed by atoms with Crippen molar-refractivity contribution in [1.82, 2.24) is 5.32 Å². The van der Waals surface area contributed by atoms with E-state index >= 15 is 0 Å². The molecular formula is C10H11F2N. The molecule has 0 radical (unpaired) electrons. The Morgan fingerprint density at radius 1 is 1.38 bits per heavy atom. The fraction of sp³-hybridized carbons (Fsp3) is 0.400. The van der Waals surface area contributed by atoms with E-state index in [2.05, 4.69) is 5.32 Å². The van der Waals surface area contributed by atoms with Crippen molar-refractivity contribution in [3.8, 4) is 0 Å². The standard InChI is InChI=1S/C10H11F2N/c1-6-4-7-2-3-9(11)10(12)8(7)5-13-6/h2-3,6,13H,4-5H2,1H3. The first kappa shape index (κ1) is 8.63. The minimum atomic E-state index is -0.755. The zero-order valence-corrected chi connectivity index (χ0v) is 7.40. The Balaban J connectivity index is 2.47. The first-order chi connectivity index (χ1) is 6.18. The first-order valence-corrected chi connectivity index (χ1v) is 4.37. The molecule has 1 aromatic rings. The molecule has 0 spiro atoms. The number of benzene rings is 1. The van der Waals surface area contributed by atoms with Crippen LogP contribution in [-0.2, 0) is 13.0 Å². The zero-order chi connectivity index (χ0) is 9.42. The van der Waals surface area contributed by atoms with Gasteiger partial charge in [-0.1, -0.05) is 6.07 Å². The number of rotatable bonds is 0. The van der Waals surface area contributed by atoms with Gasteiger partial charge in [0.15, 0.2) is 11.6 Å². The predicted octanol–water partition coefficient (Wildman–Crippen LogP) is 2.00. The molecular weight excluding hydrogens is 172 g/mol. The van der Waals surface area contributed by atoms with Crippen molar-refractivity contribution >= 4 is 0 Å².